The van der Waals surface area contributed by atoms with Gasteiger partial charge in [-0.15, -0.1) is 0 Å². The zero-order chi connectivity index (χ0) is 15.2. The smallest absolute Gasteiger partial charge is 0.416 e. The molecule has 0 aliphatic carbocycles. The van der Waals surface area contributed by atoms with Crippen molar-refractivity contribution >= 4 is 11.8 Å². The molecular weight excluding hydrogens is 287 g/mol. The van der Waals surface area contributed by atoms with Crippen molar-refractivity contribution in [1.82, 2.24) is 0 Å². The Labute approximate surface area is 120 Å². The Kier molecular flexibility index (Phi) is 6.21. The van der Waals surface area contributed by atoms with Crippen molar-refractivity contribution in [2.45, 2.75) is 32.4 Å². The normalized spacial score (nSPS) is 12.8. The van der Waals surface area contributed by atoms with E-state index in [4.69, 9.17) is 10.00 Å². The largest absolute Gasteiger partial charge is 0.494 e. The Morgan fingerprint density at radius 1 is 1.40 bits per heavy atom. The molecule has 110 valence electrons. The number of thiocyanates is 1. The van der Waals surface area contributed by atoms with Crippen LogP contribution in [-0.2, 0) is 6.18 Å². The molecule has 0 radical (unpaired) electrons. The first-order valence-electron chi connectivity index (χ1n) is 6.25. The number of rotatable bonds is 6. The fourth-order valence-corrected chi connectivity index (χ4v) is 2.40. The number of thioether (sulfide) groups is 1. The van der Waals surface area contributed by atoms with Gasteiger partial charge in [-0.05, 0) is 54.8 Å². The van der Waals surface area contributed by atoms with Gasteiger partial charge in [-0.1, -0.05) is 6.92 Å². The highest BCUT2D eigenvalue weighted by Gasteiger charge is 2.31. The lowest BCUT2D eigenvalue weighted by Gasteiger charge is -2.18. The third-order valence-electron chi connectivity index (χ3n) is 2.89. The van der Waals surface area contributed by atoms with Crippen molar-refractivity contribution < 1.29 is 17.9 Å². The molecule has 0 fully saturated rings. The van der Waals surface area contributed by atoms with Crippen LogP contribution < -0.4 is 4.74 Å². The molecule has 0 saturated carbocycles. The van der Waals surface area contributed by atoms with Crippen molar-refractivity contribution in [3.8, 4) is 11.2 Å². The summed E-state index contributed by atoms with van der Waals surface area (Å²) in [6.45, 7) is 4.03. The molecule has 0 bridgehead atoms. The minimum Gasteiger partial charge on any atom is -0.494 e. The third-order valence-corrected chi connectivity index (χ3v) is 3.45. The second kappa shape index (κ2) is 7.44. The van der Waals surface area contributed by atoms with Crippen molar-refractivity contribution in [1.29, 1.82) is 5.26 Å². The molecule has 0 saturated heterocycles. The summed E-state index contributed by atoms with van der Waals surface area (Å²) in [6, 6.07) is 3.55. The molecule has 0 heterocycles. The minimum atomic E-state index is -4.36. The molecule has 0 aliphatic heterocycles. The Morgan fingerprint density at radius 2 is 2.10 bits per heavy atom. The Hall–Kier alpha value is -1.35. The first-order valence-corrected chi connectivity index (χ1v) is 7.23. The van der Waals surface area contributed by atoms with E-state index in [1.807, 2.05) is 12.3 Å². The van der Waals surface area contributed by atoms with Crippen LogP contribution in [0, 0.1) is 10.7 Å². The Bertz CT molecular complexity index is 482. The molecule has 1 atom stereocenters. The second-order valence-electron chi connectivity index (χ2n) is 4.31. The van der Waals surface area contributed by atoms with Gasteiger partial charge in [0.2, 0.25) is 0 Å². The first-order chi connectivity index (χ1) is 9.40. The van der Waals surface area contributed by atoms with Crippen LogP contribution in [0.25, 0.3) is 0 Å². The molecule has 6 heteroatoms. The van der Waals surface area contributed by atoms with E-state index < -0.39 is 11.7 Å². The Morgan fingerprint density at radius 3 is 2.65 bits per heavy atom. The summed E-state index contributed by atoms with van der Waals surface area (Å²) in [6.07, 6.45) is -3.74. The third kappa shape index (κ3) is 4.64. The molecule has 1 aromatic rings. The van der Waals surface area contributed by atoms with Gasteiger partial charge in [0.1, 0.15) is 11.2 Å². The number of hydrogen-bond donors (Lipinski definition) is 0. The van der Waals surface area contributed by atoms with Crippen LogP contribution in [0.1, 0.15) is 37.3 Å². The van der Waals surface area contributed by atoms with Crippen molar-refractivity contribution in [3.05, 3.63) is 29.3 Å². The van der Waals surface area contributed by atoms with E-state index in [0.717, 1.165) is 23.9 Å². The van der Waals surface area contributed by atoms with Crippen LogP contribution in [0.4, 0.5) is 13.2 Å². The standard InChI is InChI=1S/C14H16F3NOS/c1-3-19-13-5-4-11(14(15,16)17)8-12(13)10(2)6-7-20-9-18/h4-5,8,10H,3,6-7H2,1-2H3. The van der Waals surface area contributed by atoms with Crippen molar-refractivity contribution in [2.75, 3.05) is 12.4 Å². The number of benzene rings is 1. The van der Waals surface area contributed by atoms with Crippen LogP contribution in [0.2, 0.25) is 0 Å². The maximum atomic E-state index is 12.8. The summed E-state index contributed by atoms with van der Waals surface area (Å²) in [5, 5.41) is 10.4. The fourth-order valence-electron chi connectivity index (χ4n) is 1.83. The van der Waals surface area contributed by atoms with Gasteiger partial charge >= 0.3 is 6.18 Å². The average molecular weight is 303 g/mol. The maximum absolute atomic E-state index is 12.8. The predicted octanol–water partition coefficient (Wildman–Crippen LogP) is 4.81. The quantitative estimate of drug-likeness (QED) is 0.558. The lowest BCUT2D eigenvalue weighted by atomic mass is 9.95. The predicted molar refractivity (Wildman–Crippen MR) is 73.7 cm³/mol. The highest BCUT2D eigenvalue weighted by Crippen LogP contribution is 2.36. The number of alkyl halides is 3. The van der Waals surface area contributed by atoms with Crippen LogP contribution in [0.3, 0.4) is 0 Å². The molecule has 0 aromatic heterocycles. The highest BCUT2D eigenvalue weighted by atomic mass is 32.2. The number of halogens is 3. The van der Waals surface area contributed by atoms with E-state index in [2.05, 4.69) is 0 Å². The van der Waals surface area contributed by atoms with Crippen LogP contribution in [0.5, 0.6) is 5.75 Å². The minimum absolute atomic E-state index is 0.0975. The van der Waals surface area contributed by atoms with Crippen LogP contribution in [0.15, 0.2) is 18.2 Å². The fraction of sp³-hybridized carbons (Fsp3) is 0.500. The molecule has 0 N–H and O–H groups in total. The van der Waals surface area contributed by atoms with Crippen molar-refractivity contribution in [2.24, 2.45) is 0 Å². The summed E-state index contributed by atoms with van der Waals surface area (Å²) in [5.41, 5.74) is -0.129. The lowest BCUT2D eigenvalue weighted by molar-refractivity contribution is -0.137. The van der Waals surface area contributed by atoms with Crippen LogP contribution >= 0.6 is 11.8 Å². The molecule has 2 nitrogen and oxygen atoms in total. The molecule has 20 heavy (non-hydrogen) atoms. The SMILES string of the molecule is CCOc1ccc(C(F)(F)F)cc1C(C)CCSC#N. The van der Waals surface area contributed by atoms with Gasteiger partial charge in [-0.25, -0.2) is 0 Å². The second-order valence-corrected chi connectivity index (χ2v) is 5.19. The zero-order valence-electron chi connectivity index (χ0n) is 11.3. The van der Waals surface area contributed by atoms with Gasteiger partial charge in [0.25, 0.3) is 0 Å². The molecule has 1 unspecified atom stereocenters. The van der Waals surface area contributed by atoms with E-state index in [-0.39, 0.29) is 5.92 Å². The van der Waals surface area contributed by atoms with E-state index >= 15 is 0 Å². The summed E-state index contributed by atoms with van der Waals surface area (Å²) >= 11 is 1.10. The van der Waals surface area contributed by atoms with Crippen molar-refractivity contribution in [3.63, 3.8) is 0 Å². The van der Waals surface area contributed by atoms with E-state index in [9.17, 15) is 13.2 Å². The van der Waals surface area contributed by atoms with Gasteiger partial charge < -0.3 is 4.74 Å². The van der Waals surface area contributed by atoms with Gasteiger partial charge in [0.15, 0.2) is 0 Å². The zero-order valence-corrected chi connectivity index (χ0v) is 12.1. The van der Waals surface area contributed by atoms with Gasteiger partial charge in [-0.3, -0.25) is 0 Å². The summed E-state index contributed by atoms with van der Waals surface area (Å²) in [4.78, 5) is 0. The van der Waals surface area contributed by atoms with Crippen LogP contribution in [-0.4, -0.2) is 12.4 Å². The lowest BCUT2D eigenvalue weighted by Crippen LogP contribution is -2.08. The highest BCUT2D eigenvalue weighted by molar-refractivity contribution is 8.03. The molecule has 0 spiro atoms. The maximum Gasteiger partial charge on any atom is 0.416 e. The topological polar surface area (TPSA) is 33.0 Å². The van der Waals surface area contributed by atoms with Gasteiger partial charge in [-0.2, -0.15) is 18.4 Å². The van der Waals surface area contributed by atoms with E-state index in [1.54, 1.807) is 6.92 Å². The number of hydrogen-bond acceptors (Lipinski definition) is 3. The summed E-state index contributed by atoms with van der Waals surface area (Å²) < 4.78 is 43.7. The monoisotopic (exact) mass is 303 g/mol. The number of nitrogens with zero attached hydrogens (tertiary/aromatic N) is 1. The molecular formula is C14H16F3NOS. The summed E-state index contributed by atoms with van der Waals surface area (Å²) in [5.74, 6) is 0.967. The summed E-state index contributed by atoms with van der Waals surface area (Å²) in [7, 11) is 0. The van der Waals surface area contributed by atoms with Gasteiger partial charge in [0.05, 0.1) is 12.2 Å². The van der Waals surface area contributed by atoms with E-state index in [1.165, 1.54) is 6.07 Å². The Balaban J connectivity index is 3.02. The number of ether oxygens (including phenoxy) is 1. The molecule has 1 rings (SSSR count). The number of nitriles is 1. The first kappa shape index (κ1) is 16.7. The van der Waals surface area contributed by atoms with E-state index in [0.29, 0.717) is 30.1 Å². The average Bonchev–Trinajstić information content (AvgIpc) is 2.38. The molecule has 0 amide bonds. The van der Waals surface area contributed by atoms with Gasteiger partial charge in [0, 0.05) is 5.75 Å². The molecule has 1 aromatic carbocycles. The molecule has 0 aliphatic rings.